The van der Waals surface area contributed by atoms with Crippen molar-refractivity contribution in [2.45, 2.75) is 32.3 Å². The van der Waals surface area contributed by atoms with Crippen molar-refractivity contribution < 1.29 is 14.3 Å². The maximum Gasteiger partial charge on any atom is 0.138 e. The van der Waals surface area contributed by atoms with Crippen LogP contribution in [0, 0.1) is 0 Å². The summed E-state index contributed by atoms with van der Waals surface area (Å²) in [5.41, 5.74) is 1.03. The van der Waals surface area contributed by atoms with Crippen molar-refractivity contribution in [3.8, 4) is 5.75 Å². The van der Waals surface area contributed by atoms with Gasteiger partial charge in [0.1, 0.15) is 11.5 Å². The third-order valence-electron chi connectivity index (χ3n) is 2.82. The molecule has 1 saturated heterocycles. The largest absolute Gasteiger partial charge is 0.494 e. The van der Waals surface area contributed by atoms with Crippen molar-refractivity contribution in [3.05, 3.63) is 29.8 Å². The molecule has 0 amide bonds. The maximum atomic E-state index is 11.4. The van der Waals surface area contributed by atoms with Gasteiger partial charge < -0.3 is 9.47 Å². The minimum Gasteiger partial charge on any atom is -0.494 e. The lowest BCUT2D eigenvalue weighted by molar-refractivity contribution is -0.128. The first-order chi connectivity index (χ1) is 8.29. The smallest absolute Gasteiger partial charge is 0.138 e. The van der Waals surface area contributed by atoms with Crippen LogP contribution in [0.5, 0.6) is 5.75 Å². The Kier molecular flexibility index (Phi) is 4.15. The second kappa shape index (κ2) is 5.82. The number of rotatable bonds is 4. The van der Waals surface area contributed by atoms with Gasteiger partial charge >= 0.3 is 0 Å². The van der Waals surface area contributed by atoms with E-state index in [0.717, 1.165) is 17.7 Å². The molecule has 1 unspecified atom stereocenters. The highest BCUT2D eigenvalue weighted by Crippen LogP contribution is 2.28. The summed E-state index contributed by atoms with van der Waals surface area (Å²) in [7, 11) is 0. The molecule has 0 radical (unpaired) electrons. The van der Waals surface area contributed by atoms with E-state index in [1.165, 1.54) is 0 Å². The third kappa shape index (κ3) is 3.30. The van der Waals surface area contributed by atoms with E-state index in [4.69, 9.17) is 9.47 Å². The Morgan fingerprint density at radius 1 is 1.47 bits per heavy atom. The Morgan fingerprint density at radius 2 is 2.35 bits per heavy atom. The number of carbonyl (C=O) groups excluding carboxylic acids is 1. The van der Waals surface area contributed by atoms with Crippen molar-refractivity contribution in [2.75, 3.05) is 13.2 Å². The van der Waals surface area contributed by atoms with Crippen molar-refractivity contribution >= 4 is 5.78 Å². The van der Waals surface area contributed by atoms with Gasteiger partial charge in [-0.3, -0.25) is 4.79 Å². The molecule has 0 saturated carbocycles. The molecule has 1 heterocycles. The van der Waals surface area contributed by atoms with Crippen LogP contribution in [0.1, 0.15) is 37.9 Å². The lowest BCUT2D eigenvalue weighted by atomic mass is 10.0. The minimum atomic E-state index is -0.0959. The molecule has 1 aliphatic rings. The average Bonchev–Trinajstić information content (AvgIpc) is 2.37. The van der Waals surface area contributed by atoms with E-state index in [0.29, 0.717) is 26.1 Å². The first-order valence-corrected chi connectivity index (χ1v) is 6.15. The molecule has 1 atom stereocenters. The normalized spacial score (nSPS) is 20.3. The van der Waals surface area contributed by atoms with E-state index in [1.807, 2.05) is 24.3 Å². The second-order valence-corrected chi connectivity index (χ2v) is 4.27. The summed E-state index contributed by atoms with van der Waals surface area (Å²) >= 11 is 0. The van der Waals surface area contributed by atoms with E-state index < -0.39 is 0 Å². The fourth-order valence-corrected chi connectivity index (χ4v) is 1.92. The predicted molar refractivity (Wildman–Crippen MR) is 65.2 cm³/mol. The van der Waals surface area contributed by atoms with Crippen LogP contribution in [0.25, 0.3) is 0 Å². The van der Waals surface area contributed by atoms with E-state index >= 15 is 0 Å². The second-order valence-electron chi connectivity index (χ2n) is 4.27. The topological polar surface area (TPSA) is 35.5 Å². The van der Waals surface area contributed by atoms with Crippen molar-refractivity contribution in [1.29, 1.82) is 0 Å². The van der Waals surface area contributed by atoms with Gasteiger partial charge in [0.2, 0.25) is 0 Å². The number of hydrogen-bond acceptors (Lipinski definition) is 3. The van der Waals surface area contributed by atoms with Crippen LogP contribution in [-0.4, -0.2) is 19.0 Å². The molecular weight excluding hydrogens is 216 g/mol. The SMILES string of the molecule is CCCOc1cccc(C2CC(=O)CCO2)c1. The molecule has 0 spiro atoms. The number of hydrogen-bond donors (Lipinski definition) is 0. The highest BCUT2D eigenvalue weighted by Gasteiger charge is 2.21. The van der Waals surface area contributed by atoms with Crippen LogP contribution >= 0.6 is 0 Å². The van der Waals surface area contributed by atoms with Gasteiger partial charge in [0.15, 0.2) is 0 Å². The highest BCUT2D eigenvalue weighted by molar-refractivity contribution is 5.79. The number of benzene rings is 1. The molecule has 17 heavy (non-hydrogen) atoms. The molecule has 1 aromatic rings. The van der Waals surface area contributed by atoms with Gasteiger partial charge in [-0.1, -0.05) is 19.1 Å². The first-order valence-electron chi connectivity index (χ1n) is 6.15. The lowest BCUT2D eigenvalue weighted by Crippen LogP contribution is -2.19. The highest BCUT2D eigenvalue weighted by atomic mass is 16.5. The van der Waals surface area contributed by atoms with E-state index in [2.05, 4.69) is 6.92 Å². The molecule has 2 rings (SSSR count). The quantitative estimate of drug-likeness (QED) is 0.803. The van der Waals surface area contributed by atoms with Gasteiger partial charge in [0.05, 0.1) is 19.3 Å². The van der Waals surface area contributed by atoms with Gasteiger partial charge in [-0.05, 0) is 24.1 Å². The predicted octanol–water partition coefficient (Wildman–Crippen LogP) is 2.90. The Balaban J connectivity index is 2.06. The zero-order valence-corrected chi connectivity index (χ0v) is 10.1. The average molecular weight is 234 g/mol. The van der Waals surface area contributed by atoms with Crippen LogP contribution in [0.2, 0.25) is 0 Å². The third-order valence-corrected chi connectivity index (χ3v) is 2.82. The summed E-state index contributed by atoms with van der Waals surface area (Å²) in [6.45, 7) is 3.32. The van der Waals surface area contributed by atoms with Gasteiger partial charge in [-0.25, -0.2) is 0 Å². The first kappa shape index (κ1) is 12.1. The zero-order valence-electron chi connectivity index (χ0n) is 10.1. The van der Waals surface area contributed by atoms with Crippen molar-refractivity contribution in [2.24, 2.45) is 0 Å². The van der Waals surface area contributed by atoms with Crippen molar-refractivity contribution in [3.63, 3.8) is 0 Å². The Bertz CT molecular complexity index is 387. The minimum absolute atomic E-state index is 0.0959. The molecule has 0 aromatic heterocycles. The molecule has 3 heteroatoms. The molecular formula is C14H18O3. The summed E-state index contributed by atoms with van der Waals surface area (Å²) < 4.78 is 11.2. The fraction of sp³-hybridized carbons (Fsp3) is 0.500. The van der Waals surface area contributed by atoms with Gasteiger partial charge in [-0.15, -0.1) is 0 Å². The Labute approximate surface area is 102 Å². The summed E-state index contributed by atoms with van der Waals surface area (Å²) in [6, 6.07) is 7.84. The maximum absolute atomic E-state index is 11.4. The zero-order chi connectivity index (χ0) is 12.1. The standard InChI is InChI=1S/C14H18O3/c1-2-7-16-13-5-3-4-11(9-13)14-10-12(15)6-8-17-14/h3-5,9,14H,2,6-8,10H2,1H3. The Morgan fingerprint density at radius 3 is 3.12 bits per heavy atom. The molecule has 3 nitrogen and oxygen atoms in total. The molecule has 0 aliphatic carbocycles. The van der Waals surface area contributed by atoms with E-state index in [1.54, 1.807) is 0 Å². The molecule has 1 aliphatic heterocycles. The van der Waals surface area contributed by atoms with Crippen LogP contribution < -0.4 is 4.74 Å². The van der Waals surface area contributed by atoms with E-state index in [9.17, 15) is 4.79 Å². The van der Waals surface area contributed by atoms with Crippen LogP contribution in [-0.2, 0) is 9.53 Å². The number of Topliss-reactive ketones (excluding diaryl/α,β-unsaturated/α-hetero) is 1. The van der Waals surface area contributed by atoms with Crippen LogP contribution in [0.4, 0.5) is 0 Å². The summed E-state index contributed by atoms with van der Waals surface area (Å²) in [6.07, 6.45) is 1.92. The van der Waals surface area contributed by atoms with Gasteiger partial charge in [0, 0.05) is 12.8 Å². The molecule has 0 N–H and O–H groups in total. The lowest BCUT2D eigenvalue weighted by Gasteiger charge is -2.22. The van der Waals surface area contributed by atoms with Crippen molar-refractivity contribution in [1.82, 2.24) is 0 Å². The molecule has 1 fully saturated rings. The van der Waals surface area contributed by atoms with Crippen LogP contribution in [0.3, 0.4) is 0 Å². The summed E-state index contributed by atoms with van der Waals surface area (Å²) in [5.74, 6) is 1.13. The fourth-order valence-electron chi connectivity index (χ4n) is 1.92. The van der Waals surface area contributed by atoms with Crippen LogP contribution in [0.15, 0.2) is 24.3 Å². The number of carbonyl (C=O) groups is 1. The number of ketones is 1. The molecule has 1 aromatic carbocycles. The molecule has 92 valence electrons. The number of ether oxygens (including phenoxy) is 2. The summed E-state index contributed by atoms with van der Waals surface area (Å²) in [4.78, 5) is 11.4. The van der Waals surface area contributed by atoms with Gasteiger partial charge in [-0.2, -0.15) is 0 Å². The monoisotopic (exact) mass is 234 g/mol. The molecule has 0 bridgehead atoms. The van der Waals surface area contributed by atoms with Gasteiger partial charge in [0.25, 0.3) is 0 Å². The summed E-state index contributed by atoms with van der Waals surface area (Å²) in [5, 5.41) is 0. The Hall–Kier alpha value is -1.35. The van der Waals surface area contributed by atoms with E-state index in [-0.39, 0.29) is 11.9 Å².